The van der Waals surface area contributed by atoms with Gasteiger partial charge in [0.15, 0.2) is 5.78 Å². The van der Waals surface area contributed by atoms with Gasteiger partial charge in [0, 0.05) is 6.42 Å². The van der Waals surface area contributed by atoms with Crippen molar-refractivity contribution in [1.29, 1.82) is 0 Å². The van der Waals surface area contributed by atoms with Gasteiger partial charge in [-0.3, -0.25) is 9.59 Å². The SMILES string of the molecule is CCC(=O)C(C)NC(=O)C(c1ccccc1)C(C)CC. The minimum Gasteiger partial charge on any atom is -0.346 e. The zero-order valence-corrected chi connectivity index (χ0v) is 12.8. The van der Waals surface area contributed by atoms with E-state index in [1.165, 1.54) is 0 Å². The van der Waals surface area contributed by atoms with Crippen molar-refractivity contribution in [3.8, 4) is 0 Å². The first kappa shape index (κ1) is 16.4. The molecule has 3 nitrogen and oxygen atoms in total. The number of hydrogen-bond donors (Lipinski definition) is 1. The van der Waals surface area contributed by atoms with Crippen molar-refractivity contribution in [2.24, 2.45) is 5.92 Å². The predicted molar refractivity (Wildman–Crippen MR) is 81.5 cm³/mol. The Morgan fingerprint density at radius 2 is 1.70 bits per heavy atom. The Morgan fingerprint density at radius 3 is 2.20 bits per heavy atom. The third-order valence-corrected chi connectivity index (χ3v) is 3.84. The van der Waals surface area contributed by atoms with Crippen LogP contribution in [-0.4, -0.2) is 17.7 Å². The molecule has 1 rings (SSSR count). The first-order valence-corrected chi connectivity index (χ1v) is 7.39. The van der Waals surface area contributed by atoms with E-state index in [-0.39, 0.29) is 23.5 Å². The normalized spacial score (nSPS) is 15.2. The molecule has 20 heavy (non-hydrogen) atoms. The van der Waals surface area contributed by atoms with Crippen LogP contribution in [0.1, 0.15) is 52.0 Å². The van der Waals surface area contributed by atoms with Gasteiger partial charge >= 0.3 is 0 Å². The average Bonchev–Trinajstić information content (AvgIpc) is 2.47. The Labute approximate surface area is 121 Å². The monoisotopic (exact) mass is 275 g/mol. The van der Waals surface area contributed by atoms with E-state index >= 15 is 0 Å². The number of amides is 1. The third-order valence-electron chi connectivity index (χ3n) is 3.84. The van der Waals surface area contributed by atoms with E-state index in [0.717, 1.165) is 12.0 Å². The number of benzene rings is 1. The standard InChI is InChI=1S/C17H25NO2/c1-5-12(3)16(14-10-8-7-9-11-14)17(20)18-13(4)15(19)6-2/h7-13,16H,5-6H2,1-4H3,(H,18,20). The molecule has 3 heteroatoms. The van der Waals surface area contributed by atoms with Crippen molar-refractivity contribution in [3.63, 3.8) is 0 Å². The number of nitrogens with one attached hydrogen (secondary N) is 1. The average molecular weight is 275 g/mol. The van der Waals surface area contributed by atoms with E-state index in [1.807, 2.05) is 37.3 Å². The molecule has 0 spiro atoms. The molecule has 3 unspecified atom stereocenters. The van der Waals surface area contributed by atoms with Gasteiger partial charge in [0.05, 0.1) is 12.0 Å². The first-order valence-electron chi connectivity index (χ1n) is 7.39. The van der Waals surface area contributed by atoms with Crippen molar-refractivity contribution in [3.05, 3.63) is 35.9 Å². The molecular weight excluding hydrogens is 250 g/mol. The predicted octanol–water partition coefficient (Wildman–Crippen LogP) is 3.30. The molecule has 110 valence electrons. The number of carbonyl (C=O) groups is 2. The smallest absolute Gasteiger partial charge is 0.228 e. The molecule has 1 N–H and O–H groups in total. The highest BCUT2D eigenvalue weighted by Crippen LogP contribution is 2.27. The molecular formula is C17H25NO2. The van der Waals surface area contributed by atoms with Crippen LogP contribution in [0, 0.1) is 5.92 Å². The number of rotatable bonds is 7. The van der Waals surface area contributed by atoms with E-state index in [4.69, 9.17) is 0 Å². The van der Waals surface area contributed by atoms with Gasteiger partial charge in [-0.25, -0.2) is 0 Å². The zero-order valence-electron chi connectivity index (χ0n) is 12.8. The highest BCUT2D eigenvalue weighted by atomic mass is 16.2. The number of Topliss-reactive ketones (excluding diaryl/α,β-unsaturated/α-hetero) is 1. The molecule has 1 amide bonds. The van der Waals surface area contributed by atoms with Crippen LogP contribution in [0.3, 0.4) is 0 Å². The molecule has 3 atom stereocenters. The summed E-state index contributed by atoms with van der Waals surface area (Å²) in [5.74, 6) is 0.0452. The zero-order chi connectivity index (χ0) is 15.1. The van der Waals surface area contributed by atoms with Crippen molar-refractivity contribution < 1.29 is 9.59 Å². The van der Waals surface area contributed by atoms with E-state index in [9.17, 15) is 9.59 Å². The first-order chi connectivity index (χ1) is 9.51. The molecule has 1 aromatic carbocycles. The molecule has 0 fully saturated rings. The summed E-state index contributed by atoms with van der Waals surface area (Å²) in [6.45, 7) is 7.72. The van der Waals surface area contributed by atoms with Gasteiger partial charge in [0.25, 0.3) is 0 Å². The Bertz CT molecular complexity index is 442. The van der Waals surface area contributed by atoms with Gasteiger partial charge < -0.3 is 5.32 Å². The third kappa shape index (κ3) is 4.19. The van der Waals surface area contributed by atoms with Crippen LogP contribution < -0.4 is 5.32 Å². The van der Waals surface area contributed by atoms with Crippen LogP contribution in [0.4, 0.5) is 0 Å². The van der Waals surface area contributed by atoms with E-state index in [0.29, 0.717) is 6.42 Å². The second-order valence-electron chi connectivity index (χ2n) is 5.32. The maximum Gasteiger partial charge on any atom is 0.228 e. The van der Waals surface area contributed by atoms with Crippen molar-refractivity contribution in [2.45, 2.75) is 52.5 Å². The fraction of sp³-hybridized carbons (Fsp3) is 0.529. The van der Waals surface area contributed by atoms with Crippen molar-refractivity contribution in [1.82, 2.24) is 5.32 Å². The van der Waals surface area contributed by atoms with Gasteiger partial charge in [-0.15, -0.1) is 0 Å². The number of ketones is 1. The van der Waals surface area contributed by atoms with Gasteiger partial charge in [-0.2, -0.15) is 0 Å². The largest absolute Gasteiger partial charge is 0.346 e. The molecule has 0 aliphatic carbocycles. The van der Waals surface area contributed by atoms with Crippen LogP contribution >= 0.6 is 0 Å². The number of hydrogen-bond acceptors (Lipinski definition) is 2. The summed E-state index contributed by atoms with van der Waals surface area (Å²) in [6, 6.07) is 9.36. The van der Waals surface area contributed by atoms with Crippen LogP contribution in [0.15, 0.2) is 30.3 Å². The van der Waals surface area contributed by atoms with E-state index < -0.39 is 6.04 Å². The highest BCUT2D eigenvalue weighted by Gasteiger charge is 2.27. The van der Waals surface area contributed by atoms with Gasteiger partial charge in [0.1, 0.15) is 0 Å². The Hall–Kier alpha value is -1.64. The maximum atomic E-state index is 12.5. The molecule has 1 aromatic rings. The lowest BCUT2D eigenvalue weighted by molar-refractivity contribution is -0.128. The van der Waals surface area contributed by atoms with Gasteiger partial charge in [0.2, 0.25) is 5.91 Å². The summed E-state index contributed by atoms with van der Waals surface area (Å²) < 4.78 is 0. The van der Waals surface area contributed by atoms with Crippen LogP contribution in [0.5, 0.6) is 0 Å². The molecule has 0 radical (unpaired) electrons. The molecule has 0 saturated carbocycles. The summed E-state index contributed by atoms with van der Waals surface area (Å²) in [6.07, 6.45) is 1.36. The van der Waals surface area contributed by atoms with Crippen LogP contribution in [-0.2, 0) is 9.59 Å². The van der Waals surface area contributed by atoms with Gasteiger partial charge in [-0.05, 0) is 18.4 Å². The summed E-state index contributed by atoms with van der Waals surface area (Å²) in [7, 11) is 0. The Balaban J connectivity index is 2.89. The van der Waals surface area contributed by atoms with E-state index in [2.05, 4.69) is 19.2 Å². The van der Waals surface area contributed by atoms with Crippen LogP contribution in [0.2, 0.25) is 0 Å². The quantitative estimate of drug-likeness (QED) is 0.830. The molecule has 0 bridgehead atoms. The highest BCUT2D eigenvalue weighted by molar-refractivity contribution is 5.91. The van der Waals surface area contributed by atoms with Crippen molar-refractivity contribution in [2.75, 3.05) is 0 Å². The lowest BCUT2D eigenvalue weighted by Crippen LogP contribution is -2.42. The number of carbonyl (C=O) groups excluding carboxylic acids is 2. The molecule has 0 aliphatic rings. The summed E-state index contributed by atoms with van der Waals surface area (Å²) in [5.41, 5.74) is 1.01. The van der Waals surface area contributed by atoms with Crippen molar-refractivity contribution >= 4 is 11.7 Å². The second kappa shape index (κ2) is 7.83. The molecule has 0 heterocycles. The maximum absolute atomic E-state index is 12.5. The van der Waals surface area contributed by atoms with Crippen LogP contribution in [0.25, 0.3) is 0 Å². The van der Waals surface area contributed by atoms with Gasteiger partial charge in [-0.1, -0.05) is 57.5 Å². The second-order valence-corrected chi connectivity index (χ2v) is 5.32. The molecule has 0 aliphatic heterocycles. The van der Waals surface area contributed by atoms with E-state index in [1.54, 1.807) is 6.92 Å². The molecule has 0 saturated heterocycles. The fourth-order valence-electron chi connectivity index (χ4n) is 2.32. The minimum atomic E-state index is -0.414. The molecule has 0 aromatic heterocycles. The minimum absolute atomic E-state index is 0.0557. The Morgan fingerprint density at radius 1 is 1.10 bits per heavy atom. The lowest BCUT2D eigenvalue weighted by atomic mass is 9.84. The lowest BCUT2D eigenvalue weighted by Gasteiger charge is -2.24. The summed E-state index contributed by atoms with van der Waals surface area (Å²) in [5, 5.41) is 2.86. The Kier molecular flexibility index (Phi) is 6.43. The summed E-state index contributed by atoms with van der Waals surface area (Å²) >= 11 is 0. The fourth-order valence-corrected chi connectivity index (χ4v) is 2.32. The topological polar surface area (TPSA) is 46.2 Å². The summed E-state index contributed by atoms with van der Waals surface area (Å²) in [4.78, 5) is 24.1.